The number of carbonyl (C=O) groups is 1. The summed E-state index contributed by atoms with van der Waals surface area (Å²) in [6.07, 6.45) is 3.98. The van der Waals surface area contributed by atoms with Crippen LogP contribution in [0.1, 0.15) is 58.8 Å². The van der Waals surface area contributed by atoms with Crippen LogP contribution in [0.3, 0.4) is 0 Å². The van der Waals surface area contributed by atoms with Crippen LogP contribution < -0.4 is 5.32 Å². The van der Waals surface area contributed by atoms with Crippen molar-refractivity contribution in [3.05, 3.63) is 70.9 Å². The van der Waals surface area contributed by atoms with Gasteiger partial charge in [0.05, 0.1) is 18.2 Å². The number of pyridine rings is 1. The van der Waals surface area contributed by atoms with Crippen LogP contribution in [0.5, 0.6) is 0 Å². The lowest BCUT2D eigenvalue weighted by atomic mass is 9.93. The van der Waals surface area contributed by atoms with E-state index >= 15 is 0 Å². The van der Waals surface area contributed by atoms with E-state index < -0.39 is 5.97 Å². The number of fused-ring (bicyclic) bond motifs is 3. The Kier molecular flexibility index (Phi) is 5.31. The fourth-order valence-electron chi connectivity index (χ4n) is 4.69. The van der Waals surface area contributed by atoms with Gasteiger partial charge in [-0.1, -0.05) is 18.2 Å². The number of ether oxygens (including phenoxy) is 1. The van der Waals surface area contributed by atoms with Gasteiger partial charge in [0.2, 0.25) is 0 Å². The molecule has 0 amide bonds. The van der Waals surface area contributed by atoms with Gasteiger partial charge in [-0.15, -0.1) is 0 Å². The van der Waals surface area contributed by atoms with Gasteiger partial charge >= 0.3 is 5.97 Å². The molecule has 0 radical (unpaired) electrons. The van der Waals surface area contributed by atoms with Gasteiger partial charge in [-0.05, 0) is 56.5 Å². The molecule has 1 aliphatic rings. The average molecular weight is 431 g/mol. The van der Waals surface area contributed by atoms with Crippen LogP contribution in [0.2, 0.25) is 0 Å². The normalized spacial score (nSPS) is 17.5. The van der Waals surface area contributed by atoms with E-state index in [0.717, 1.165) is 58.2 Å². The van der Waals surface area contributed by atoms with Gasteiger partial charge in [0.25, 0.3) is 0 Å². The van der Waals surface area contributed by atoms with Crippen molar-refractivity contribution < 1.29 is 19.1 Å². The van der Waals surface area contributed by atoms with E-state index in [1.807, 2.05) is 25.3 Å². The molecule has 1 aliphatic heterocycles. The zero-order chi connectivity index (χ0) is 22.2. The molecule has 1 unspecified atom stereocenters. The summed E-state index contributed by atoms with van der Waals surface area (Å²) in [5.74, 6) is -0.653. The summed E-state index contributed by atoms with van der Waals surface area (Å²) in [6, 6.07) is 13.0. The maximum absolute atomic E-state index is 11.6. The number of benzene rings is 2. The van der Waals surface area contributed by atoms with Crippen LogP contribution in [-0.2, 0) is 4.74 Å². The summed E-state index contributed by atoms with van der Waals surface area (Å²) in [4.78, 5) is 16.3. The third kappa shape index (κ3) is 3.60. The predicted molar refractivity (Wildman–Crippen MR) is 124 cm³/mol. The molecule has 32 heavy (non-hydrogen) atoms. The number of carboxylic acids is 1. The fourth-order valence-corrected chi connectivity index (χ4v) is 4.69. The first-order valence-corrected chi connectivity index (χ1v) is 11.0. The lowest BCUT2D eigenvalue weighted by Gasteiger charge is -2.22. The molecule has 0 bridgehead atoms. The largest absolute Gasteiger partial charge is 0.478 e. The Bertz CT molecular complexity index is 1300. The van der Waals surface area contributed by atoms with E-state index in [0.29, 0.717) is 18.2 Å². The van der Waals surface area contributed by atoms with Crippen LogP contribution in [0.4, 0.5) is 5.69 Å². The molecule has 2 aromatic carbocycles. The molecule has 1 saturated heterocycles. The Labute approximate surface area is 186 Å². The Hall–Kier alpha value is -3.38. The summed E-state index contributed by atoms with van der Waals surface area (Å²) in [6.45, 7) is 5.59. The second-order valence-corrected chi connectivity index (χ2v) is 8.54. The highest BCUT2D eigenvalue weighted by Crippen LogP contribution is 2.39. The molecular formula is C26H26N2O4. The highest BCUT2D eigenvalue weighted by Gasteiger charge is 2.24. The number of aryl methyl sites for hydroxylation is 1. The molecule has 6 nitrogen and oxygen atoms in total. The smallest absolute Gasteiger partial charge is 0.337 e. The zero-order valence-electron chi connectivity index (χ0n) is 18.2. The zero-order valence-corrected chi connectivity index (χ0v) is 18.2. The molecule has 2 N–H and O–H groups in total. The standard InChI is InChI=1S/C26H26N2O4/c1-15-12-20(16(2)28-22-8-4-3-7-19(22)26(29)30)24-21(13-15)23-25(32-24)18(9-10-27-23)17-6-5-11-31-14-17/h3-4,7-10,12-13,16-17,28H,5-6,11,14H2,1-2H3,(H,29,30)/t16-,17?/m1/s1. The summed E-state index contributed by atoms with van der Waals surface area (Å²) in [5, 5.41) is 13.9. The van der Waals surface area contributed by atoms with Crippen molar-refractivity contribution in [1.82, 2.24) is 4.98 Å². The number of para-hydroxylation sites is 1. The summed E-state index contributed by atoms with van der Waals surface area (Å²) in [5.41, 5.74) is 6.52. The number of aromatic nitrogens is 1. The molecule has 0 aliphatic carbocycles. The van der Waals surface area contributed by atoms with Gasteiger partial charge in [-0.25, -0.2) is 4.79 Å². The van der Waals surface area contributed by atoms with Crippen LogP contribution in [0, 0.1) is 6.92 Å². The van der Waals surface area contributed by atoms with E-state index in [9.17, 15) is 9.90 Å². The molecule has 3 heterocycles. The van der Waals surface area contributed by atoms with Gasteiger partial charge in [0, 0.05) is 40.9 Å². The molecule has 1 fully saturated rings. The van der Waals surface area contributed by atoms with Crippen LogP contribution in [0.15, 0.2) is 53.1 Å². The first kappa shape index (κ1) is 20.5. The Balaban J connectivity index is 1.61. The Morgan fingerprint density at radius 3 is 2.84 bits per heavy atom. The van der Waals surface area contributed by atoms with E-state index in [-0.39, 0.29) is 11.6 Å². The first-order valence-electron chi connectivity index (χ1n) is 11.0. The molecule has 0 spiro atoms. The predicted octanol–water partition coefficient (Wildman–Crippen LogP) is 6.05. The second-order valence-electron chi connectivity index (χ2n) is 8.54. The van der Waals surface area contributed by atoms with Crippen molar-refractivity contribution in [1.29, 1.82) is 0 Å². The van der Waals surface area contributed by atoms with Gasteiger partial charge in [-0.2, -0.15) is 0 Å². The fraction of sp³-hybridized carbons (Fsp3) is 0.308. The lowest BCUT2D eigenvalue weighted by Crippen LogP contribution is -2.15. The lowest BCUT2D eigenvalue weighted by molar-refractivity contribution is 0.0698. The van der Waals surface area contributed by atoms with Gasteiger partial charge in [0.15, 0.2) is 5.58 Å². The number of nitrogens with zero attached hydrogens (tertiary/aromatic N) is 1. The topological polar surface area (TPSA) is 84.6 Å². The molecule has 164 valence electrons. The third-order valence-electron chi connectivity index (χ3n) is 6.25. The number of hydrogen-bond donors (Lipinski definition) is 2. The second kappa shape index (κ2) is 8.28. The van der Waals surface area contributed by atoms with E-state index in [1.165, 1.54) is 0 Å². The number of nitrogens with one attached hydrogen (secondary N) is 1. The summed E-state index contributed by atoms with van der Waals surface area (Å²) >= 11 is 0. The molecule has 2 atom stereocenters. The number of carboxylic acid groups (broad SMARTS) is 1. The summed E-state index contributed by atoms with van der Waals surface area (Å²) < 4.78 is 12.2. The minimum Gasteiger partial charge on any atom is -0.478 e. The molecule has 4 aromatic rings. The van der Waals surface area contributed by atoms with E-state index in [4.69, 9.17) is 9.15 Å². The maximum Gasteiger partial charge on any atom is 0.337 e. The van der Waals surface area contributed by atoms with Crippen molar-refractivity contribution in [3.63, 3.8) is 0 Å². The number of aromatic carboxylic acids is 1. The molecular weight excluding hydrogens is 404 g/mol. The van der Waals surface area contributed by atoms with Gasteiger partial charge in [0.1, 0.15) is 11.1 Å². The third-order valence-corrected chi connectivity index (χ3v) is 6.25. The highest BCUT2D eigenvalue weighted by molar-refractivity contribution is 6.05. The molecule has 6 heteroatoms. The monoisotopic (exact) mass is 430 g/mol. The number of anilines is 1. The van der Waals surface area contributed by atoms with Crippen molar-refractivity contribution >= 4 is 33.7 Å². The average Bonchev–Trinajstić information content (AvgIpc) is 3.18. The van der Waals surface area contributed by atoms with Gasteiger partial charge < -0.3 is 19.6 Å². The van der Waals surface area contributed by atoms with Gasteiger partial charge in [-0.3, -0.25) is 4.98 Å². The highest BCUT2D eigenvalue weighted by atomic mass is 16.5. The number of hydrogen-bond acceptors (Lipinski definition) is 5. The Morgan fingerprint density at radius 2 is 2.06 bits per heavy atom. The Morgan fingerprint density at radius 1 is 1.22 bits per heavy atom. The van der Waals surface area contributed by atoms with E-state index in [2.05, 4.69) is 29.4 Å². The number of rotatable bonds is 5. The SMILES string of the molecule is Cc1cc([C@@H](C)Nc2ccccc2C(=O)O)c2oc3c(C4CCCOC4)ccnc3c2c1. The first-order chi connectivity index (χ1) is 15.5. The van der Waals surface area contributed by atoms with Crippen molar-refractivity contribution in [2.24, 2.45) is 0 Å². The molecule has 0 saturated carbocycles. The minimum absolute atomic E-state index is 0.167. The maximum atomic E-state index is 11.6. The van der Waals surface area contributed by atoms with Crippen LogP contribution >= 0.6 is 0 Å². The summed E-state index contributed by atoms with van der Waals surface area (Å²) in [7, 11) is 0. The quantitative estimate of drug-likeness (QED) is 0.401. The van der Waals surface area contributed by atoms with Crippen LogP contribution in [-0.4, -0.2) is 29.3 Å². The number of furan rings is 1. The molecule has 5 rings (SSSR count). The van der Waals surface area contributed by atoms with Crippen LogP contribution in [0.25, 0.3) is 22.1 Å². The van der Waals surface area contributed by atoms with Crippen molar-refractivity contribution in [2.45, 2.75) is 38.6 Å². The van der Waals surface area contributed by atoms with Crippen molar-refractivity contribution in [2.75, 3.05) is 18.5 Å². The molecule has 2 aromatic heterocycles. The van der Waals surface area contributed by atoms with E-state index in [1.54, 1.807) is 18.2 Å². The minimum atomic E-state index is -0.957. The van der Waals surface area contributed by atoms with Crippen molar-refractivity contribution in [3.8, 4) is 0 Å².